The number of hydrogen-bond acceptors (Lipinski definition) is 6. The maximum atomic E-state index is 5.34. The first-order valence-electron chi connectivity index (χ1n) is 7.32. The minimum absolute atomic E-state index is 0.698. The van der Waals surface area contributed by atoms with Crippen LogP contribution in [0.15, 0.2) is 59.0 Å². The molecule has 1 N–H and O–H groups in total. The van der Waals surface area contributed by atoms with Gasteiger partial charge in [-0.1, -0.05) is 30.3 Å². The Labute approximate surface area is 144 Å². The van der Waals surface area contributed by atoms with Gasteiger partial charge in [0.1, 0.15) is 11.5 Å². The Morgan fingerprint density at radius 1 is 1.08 bits per heavy atom. The minimum atomic E-state index is 0.698. The molecule has 0 aliphatic carbocycles. The summed E-state index contributed by atoms with van der Waals surface area (Å²) in [6, 6.07) is 15.6. The summed E-state index contributed by atoms with van der Waals surface area (Å²) in [5.41, 5.74) is 5.82. The lowest BCUT2D eigenvalue weighted by Gasteiger charge is -2.06. The highest BCUT2D eigenvalue weighted by atomic mass is 32.1. The second kappa shape index (κ2) is 7.61. The largest absolute Gasteiger partial charge is 0.497 e. The predicted octanol–water partition coefficient (Wildman–Crippen LogP) is 4.27. The van der Waals surface area contributed by atoms with Crippen LogP contribution >= 0.6 is 11.3 Å². The van der Waals surface area contributed by atoms with Gasteiger partial charge in [-0.05, 0) is 12.1 Å². The van der Waals surface area contributed by atoms with Gasteiger partial charge in [-0.15, -0.1) is 11.3 Å². The van der Waals surface area contributed by atoms with E-state index in [1.165, 1.54) is 11.3 Å². The first kappa shape index (κ1) is 16.0. The Morgan fingerprint density at radius 3 is 2.67 bits per heavy atom. The zero-order valence-electron chi connectivity index (χ0n) is 13.4. The van der Waals surface area contributed by atoms with Crippen LogP contribution < -0.4 is 14.9 Å². The Bertz CT molecular complexity index is 831. The molecule has 0 spiro atoms. The summed E-state index contributed by atoms with van der Waals surface area (Å²) in [7, 11) is 3.24. The lowest BCUT2D eigenvalue weighted by Crippen LogP contribution is -1.95. The van der Waals surface area contributed by atoms with E-state index in [0.29, 0.717) is 5.75 Å². The fraction of sp³-hybridized carbons (Fsp3) is 0.111. The van der Waals surface area contributed by atoms with Crippen molar-refractivity contribution in [2.45, 2.75) is 0 Å². The standard InChI is InChI=1S/C18H17N3O2S/c1-22-15-9-8-14(17(10-15)23-2)11-19-21-18-20-16(12-24-18)13-6-4-3-5-7-13/h3-12H,1-2H3,(H,20,21)/b19-11+. The van der Waals surface area contributed by atoms with Gasteiger partial charge in [0.25, 0.3) is 0 Å². The van der Waals surface area contributed by atoms with Crippen LogP contribution in [0.25, 0.3) is 11.3 Å². The van der Waals surface area contributed by atoms with Gasteiger partial charge < -0.3 is 9.47 Å². The molecular weight excluding hydrogens is 322 g/mol. The van der Waals surface area contributed by atoms with Crippen LogP contribution in [0.2, 0.25) is 0 Å². The van der Waals surface area contributed by atoms with E-state index in [0.717, 1.165) is 27.7 Å². The molecule has 1 aromatic heterocycles. The summed E-state index contributed by atoms with van der Waals surface area (Å²) in [6.45, 7) is 0. The van der Waals surface area contributed by atoms with Crippen LogP contribution in [-0.4, -0.2) is 25.4 Å². The summed E-state index contributed by atoms with van der Waals surface area (Å²) in [6.07, 6.45) is 1.70. The normalized spacial score (nSPS) is 10.8. The van der Waals surface area contributed by atoms with Crippen molar-refractivity contribution in [3.63, 3.8) is 0 Å². The van der Waals surface area contributed by atoms with Gasteiger partial charge >= 0.3 is 0 Å². The lowest BCUT2D eigenvalue weighted by molar-refractivity contribution is 0.394. The lowest BCUT2D eigenvalue weighted by atomic mass is 10.2. The summed E-state index contributed by atoms with van der Waals surface area (Å²) >= 11 is 1.51. The molecule has 0 atom stereocenters. The molecule has 0 unspecified atom stereocenters. The van der Waals surface area contributed by atoms with Crippen molar-refractivity contribution in [1.29, 1.82) is 0 Å². The van der Waals surface area contributed by atoms with Gasteiger partial charge in [0.05, 0.1) is 26.1 Å². The van der Waals surface area contributed by atoms with E-state index in [-0.39, 0.29) is 0 Å². The van der Waals surface area contributed by atoms with E-state index >= 15 is 0 Å². The smallest absolute Gasteiger partial charge is 0.203 e. The number of aromatic nitrogens is 1. The Hall–Kier alpha value is -2.86. The minimum Gasteiger partial charge on any atom is -0.497 e. The molecule has 24 heavy (non-hydrogen) atoms. The van der Waals surface area contributed by atoms with E-state index in [1.54, 1.807) is 20.4 Å². The van der Waals surface area contributed by atoms with Crippen molar-refractivity contribution < 1.29 is 9.47 Å². The number of nitrogens with zero attached hydrogens (tertiary/aromatic N) is 2. The van der Waals surface area contributed by atoms with Crippen molar-refractivity contribution in [3.05, 3.63) is 59.5 Å². The number of hydrazone groups is 1. The molecule has 5 nitrogen and oxygen atoms in total. The Balaban J connectivity index is 1.70. The molecular formula is C18H17N3O2S. The first-order chi connectivity index (χ1) is 11.8. The average molecular weight is 339 g/mol. The van der Waals surface area contributed by atoms with Gasteiger partial charge in [0.2, 0.25) is 5.13 Å². The van der Waals surface area contributed by atoms with Gasteiger partial charge in [-0.25, -0.2) is 4.98 Å². The molecule has 0 bridgehead atoms. The van der Waals surface area contributed by atoms with Crippen LogP contribution in [0.1, 0.15) is 5.56 Å². The van der Waals surface area contributed by atoms with E-state index in [2.05, 4.69) is 15.5 Å². The molecule has 0 amide bonds. The first-order valence-corrected chi connectivity index (χ1v) is 8.20. The highest BCUT2D eigenvalue weighted by molar-refractivity contribution is 7.14. The monoisotopic (exact) mass is 339 g/mol. The van der Waals surface area contributed by atoms with Crippen molar-refractivity contribution in [2.24, 2.45) is 5.10 Å². The zero-order valence-corrected chi connectivity index (χ0v) is 14.2. The van der Waals surface area contributed by atoms with Crippen LogP contribution in [0.5, 0.6) is 11.5 Å². The van der Waals surface area contributed by atoms with E-state index < -0.39 is 0 Å². The molecule has 3 rings (SSSR count). The molecule has 0 saturated carbocycles. The second-order valence-corrected chi connectivity index (χ2v) is 5.74. The van der Waals surface area contributed by atoms with Crippen LogP contribution in [-0.2, 0) is 0 Å². The summed E-state index contributed by atoms with van der Waals surface area (Å²) in [5.74, 6) is 1.44. The predicted molar refractivity (Wildman–Crippen MR) is 98.3 cm³/mol. The molecule has 0 aliphatic rings. The molecule has 2 aromatic carbocycles. The number of hydrogen-bond donors (Lipinski definition) is 1. The van der Waals surface area contributed by atoms with E-state index in [9.17, 15) is 0 Å². The number of ether oxygens (including phenoxy) is 2. The molecule has 0 aliphatic heterocycles. The van der Waals surface area contributed by atoms with Crippen molar-refractivity contribution in [1.82, 2.24) is 4.98 Å². The quantitative estimate of drug-likeness (QED) is 0.538. The highest BCUT2D eigenvalue weighted by Gasteiger charge is 2.04. The maximum Gasteiger partial charge on any atom is 0.203 e. The average Bonchev–Trinajstić information content (AvgIpc) is 3.11. The molecule has 0 radical (unpaired) electrons. The number of anilines is 1. The van der Waals surface area contributed by atoms with Crippen molar-refractivity contribution >= 4 is 22.7 Å². The van der Waals surface area contributed by atoms with E-state index in [1.807, 2.05) is 53.9 Å². The van der Waals surface area contributed by atoms with Crippen molar-refractivity contribution in [3.8, 4) is 22.8 Å². The van der Waals surface area contributed by atoms with Crippen LogP contribution in [0, 0.1) is 0 Å². The molecule has 0 saturated heterocycles. The Morgan fingerprint density at radius 2 is 1.92 bits per heavy atom. The number of rotatable bonds is 6. The van der Waals surface area contributed by atoms with E-state index in [4.69, 9.17) is 9.47 Å². The van der Waals surface area contributed by atoms with Crippen molar-refractivity contribution in [2.75, 3.05) is 19.6 Å². The van der Waals surface area contributed by atoms with Gasteiger partial charge in [0, 0.05) is 22.6 Å². The summed E-state index contributed by atoms with van der Waals surface area (Å²) in [5, 5.41) is 6.97. The molecule has 3 aromatic rings. The second-order valence-electron chi connectivity index (χ2n) is 4.88. The third-order valence-electron chi connectivity index (χ3n) is 3.38. The zero-order chi connectivity index (χ0) is 16.8. The Kier molecular flexibility index (Phi) is 5.08. The number of methoxy groups -OCH3 is 2. The molecule has 1 heterocycles. The third kappa shape index (κ3) is 3.72. The molecule has 122 valence electrons. The summed E-state index contributed by atoms with van der Waals surface area (Å²) < 4.78 is 10.5. The van der Waals surface area contributed by atoms with Crippen LogP contribution in [0.3, 0.4) is 0 Å². The molecule has 6 heteroatoms. The fourth-order valence-corrected chi connectivity index (χ4v) is 2.82. The molecule has 0 fully saturated rings. The highest BCUT2D eigenvalue weighted by Crippen LogP contribution is 2.25. The topological polar surface area (TPSA) is 55.7 Å². The van der Waals surface area contributed by atoms with Gasteiger partial charge in [-0.3, -0.25) is 5.43 Å². The fourth-order valence-electron chi connectivity index (χ4n) is 2.15. The van der Waals surface area contributed by atoms with Crippen LogP contribution in [0.4, 0.5) is 5.13 Å². The third-order valence-corrected chi connectivity index (χ3v) is 4.13. The number of thiazole rings is 1. The van der Waals surface area contributed by atoms with Gasteiger partial charge in [0.15, 0.2) is 0 Å². The number of nitrogens with one attached hydrogen (secondary N) is 1. The summed E-state index contributed by atoms with van der Waals surface area (Å²) in [4.78, 5) is 4.52. The SMILES string of the molecule is COc1ccc(/C=N/Nc2nc(-c3ccccc3)cs2)c(OC)c1. The maximum absolute atomic E-state index is 5.34. The van der Waals surface area contributed by atoms with Gasteiger partial charge in [-0.2, -0.15) is 5.10 Å². The number of benzene rings is 2.